The van der Waals surface area contributed by atoms with Crippen LogP contribution in [0.25, 0.3) is 5.57 Å². The summed E-state index contributed by atoms with van der Waals surface area (Å²) in [4.78, 5) is 20.0. The maximum absolute atomic E-state index is 13.3. The van der Waals surface area contributed by atoms with Crippen molar-refractivity contribution in [3.05, 3.63) is 66.2 Å². The summed E-state index contributed by atoms with van der Waals surface area (Å²) in [5.74, 6) is 0.175. The van der Waals surface area contributed by atoms with Gasteiger partial charge in [-0.3, -0.25) is 9.69 Å². The zero-order chi connectivity index (χ0) is 19.7. The molecule has 0 aliphatic carbocycles. The summed E-state index contributed by atoms with van der Waals surface area (Å²) in [6, 6.07) is 18.8. The number of piperazine rings is 1. The summed E-state index contributed by atoms with van der Waals surface area (Å²) in [5, 5.41) is 0. The zero-order valence-corrected chi connectivity index (χ0v) is 17.1. The predicted molar refractivity (Wildman–Crippen MR) is 117 cm³/mol. The summed E-state index contributed by atoms with van der Waals surface area (Å²) in [5.41, 5.74) is 4.37. The fourth-order valence-corrected chi connectivity index (χ4v) is 4.51. The van der Waals surface area contributed by atoms with Gasteiger partial charge in [-0.05, 0) is 44.5 Å². The first kappa shape index (κ1) is 18.8. The van der Waals surface area contributed by atoms with Crippen LogP contribution in [0.5, 0.6) is 0 Å². The first-order valence-corrected chi connectivity index (χ1v) is 10.1. The summed E-state index contributed by atoms with van der Waals surface area (Å²) >= 11 is 0. The van der Waals surface area contributed by atoms with E-state index >= 15 is 0 Å². The van der Waals surface area contributed by atoms with Crippen LogP contribution in [0.2, 0.25) is 0 Å². The van der Waals surface area contributed by atoms with E-state index in [-0.39, 0.29) is 11.4 Å². The smallest absolute Gasteiger partial charge is 0.241 e. The third-order valence-electron chi connectivity index (χ3n) is 5.82. The average Bonchev–Trinajstić information content (AvgIpc) is 2.68. The van der Waals surface area contributed by atoms with Gasteiger partial charge in [-0.15, -0.1) is 0 Å². The molecule has 4 heteroatoms. The van der Waals surface area contributed by atoms with Gasteiger partial charge < -0.3 is 9.80 Å². The van der Waals surface area contributed by atoms with Crippen molar-refractivity contribution >= 4 is 22.9 Å². The fraction of sp³-hybridized carbons (Fsp3) is 0.375. The van der Waals surface area contributed by atoms with Gasteiger partial charge in [-0.25, -0.2) is 0 Å². The minimum Gasteiger partial charge on any atom is -0.369 e. The highest BCUT2D eigenvalue weighted by Gasteiger charge is 2.36. The molecule has 146 valence electrons. The largest absolute Gasteiger partial charge is 0.369 e. The first-order valence-electron chi connectivity index (χ1n) is 10.1. The molecule has 0 N–H and O–H groups in total. The van der Waals surface area contributed by atoms with Crippen LogP contribution in [-0.2, 0) is 4.79 Å². The van der Waals surface area contributed by atoms with Crippen molar-refractivity contribution in [1.82, 2.24) is 4.90 Å². The fourth-order valence-electron chi connectivity index (χ4n) is 4.51. The van der Waals surface area contributed by atoms with Crippen LogP contribution < -0.4 is 9.80 Å². The molecule has 0 spiro atoms. The maximum Gasteiger partial charge on any atom is 0.241 e. The highest BCUT2D eigenvalue weighted by molar-refractivity contribution is 6.01. The molecule has 2 aromatic rings. The number of rotatable bonds is 3. The van der Waals surface area contributed by atoms with E-state index in [9.17, 15) is 4.79 Å². The second-order valence-electron chi connectivity index (χ2n) is 8.33. The van der Waals surface area contributed by atoms with Crippen LogP contribution in [0.15, 0.2) is 60.7 Å². The molecule has 28 heavy (non-hydrogen) atoms. The van der Waals surface area contributed by atoms with Gasteiger partial charge in [0.1, 0.15) is 0 Å². The summed E-state index contributed by atoms with van der Waals surface area (Å²) in [6.45, 7) is 10.6. The van der Waals surface area contributed by atoms with Gasteiger partial charge in [-0.1, -0.05) is 42.5 Å². The third-order valence-corrected chi connectivity index (χ3v) is 5.82. The number of nitrogens with zero attached hydrogens (tertiary/aromatic N) is 3. The lowest BCUT2D eigenvalue weighted by atomic mass is 9.88. The van der Waals surface area contributed by atoms with Crippen LogP contribution in [0, 0.1) is 0 Å². The monoisotopic (exact) mass is 375 g/mol. The number of hydrogen-bond donors (Lipinski definition) is 0. The standard InChI is InChI=1S/C24H29N3O/c1-19-17-24(2,3)27(22-12-8-7-11-21(19)22)23(28)18-25-13-15-26(16-14-25)20-9-5-4-6-10-20/h4-12,17H,13-16,18H2,1-3H3. The van der Waals surface area contributed by atoms with E-state index in [0.29, 0.717) is 6.54 Å². The van der Waals surface area contributed by atoms with Crippen LogP contribution in [0.4, 0.5) is 11.4 Å². The van der Waals surface area contributed by atoms with Gasteiger partial charge in [0.25, 0.3) is 0 Å². The average molecular weight is 376 g/mol. The lowest BCUT2D eigenvalue weighted by Crippen LogP contribution is -2.55. The number of carbonyl (C=O) groups excluding carboxylic acids is 1. The normalized spacial score (nSPS) is 19.2. The molecule has 0 radical (unpaired) electrons. The zero-order valence-electron chi connectivity index (χ0n) is 17.1. The Bertz CT molecular complexity index is 880. The number of allylic oxidation sites excluding steroid dienone is 1. The molecule has 2 aliphatic rings. The number of fused-ring (bicyclic) bond motifs is 1. The second kappa shape index (κ2) is 7.44. The highest BCUT2D eigenvalue weighted by Crippen LogP contribution is 2.38. The molecule has 0 aromatic heterocycles. The topological polar surface area (TPSA) is 26.8 Å². The Morgan fingerprint density at radius 1 is 0.929 bits per heavy atom. The lowest BCUT2D eigenvalue weighted by molar-refractivity contribution is -0.120. The Hall–Kier alpha value is -2.59. The Kier molecular flexibility index (Phi) is 4.98. The van der Waals surface area contributed by atoms with Crippen molar-refractivity contribution in [2.75, 3.05) is 42.5 Å². The molecule has 2 aliphatic heterocycles. The molecule has 4 rings (SSSR count). The predicted octanol–water partition coefficient (Wildman–Crippen LogP) is 4.04. The molecule has 1 saturated heterocycles. The van der Waals surface area contributed by atoms with Gasteiger partial charge in [-0.2, -0.15) is 0 Å². The Balaban J connectivity index is 1.46. The highest BCUT2D eigenvalue weighted by atomic mass is 16.2. The van der Waals surface area contributed by atoms with Crippen molar-refractivity contribution in [1.29, 1.82) is 0 Å². The number of para-hydroxylation sites is 2. The van der Waals surface area contributed by atoms with Crippen LogP contribution in [0.3, 0.4) is 0 Å². The molecule has 2 aromatic carbocycles. The summed E-state index contributed by atoms with van der Waals surface area (Å²) in [6.07, 6.45) is 2.21. The minimum atomic E-state index is -0.318. The first-order chi connectivity index (χ1) is 13.5. The van der Waals surface area contributed by atoms with E-state index in [2.05, 4.69) is 73.0 Å². The molecular weight excluding hydrogens is 346 g/mol. The van der Waals surface area contributed by atoms with E-state index in [1.54, 1.807) is 0 Å². The van der Waals surface area contributed by atoms with Crippen LogP contribution in [-0.4, -0.2) is 49.1 Å². The maximum atomic E-state index is 13.3. The van der Waals surface area contributed by atoms with Crippen LogP contribution in [0.1, 0.15) is 26.3 Å². The van der Waals surface area contributed by atoms with Gasteiger partial charge in [0.2, 0.25) is 5.91 Å². The van der Waals surface area contributed by atoms with Crippen molar-refractivity contribution < 1.29 is 4.79 Å². The van der Waals surface area contributed by atoms with Gasteiger partial charge in [0, 0.05) is 37.4 Å². The molecule has 0 atom stereocenters. The third kappa shape index (κ3) is 3.57. The quantitative estimate of drug-likeness (QED) is 0.810. The van der Waals surface area contributed by atoms with Crippen LogP contribution >= 0.6 is 0 Å². The molecule has 1 fully saturated rings. The number of carbonyl (C=O) groups is 1. The number of anilines is 2. The lowest BCUT2D eigenvalue weighted by Gasteiger charge is -2.43. The van der Waals surface area contributed by atoms with E-state index in [1.165, 1.54) is 11.3 Å². The van der Waals surface area contributed by atoms with Crippen molar-refractivity contribution in [2.45, 2.75) is 26.3 Å². The van der Waals surface area contributed by atoms with Gasteiger partial charge in [0.15, 0.2) is 0 Å². The minimum absolute atomic E-state index is 0.175. The Morgan fingerprint density at radius 3 is 2.29 bits per heavy atom. The molecule has 0 saturated carbocycles. The molecule has 1 amide bonds. The molecule has 0 bridgehead atoms. The van der Waals surface area contributed by atoms with E-state index in [4.69, 9.17) is 0 Å². The Morgan fingerprint density at radius 2 is 1.57 bits per heavy atom. The van der Waals surface area contributed by atoms with E-state index in [1.807, 2.05) is 23.1 Å². The SMILES string of the molecule is CC1=CC(C)(C)N(C(=O)CN2CCN(c3ccccc3)CC2)c2ccccc21. The summed E-state index contributed by atoms with van der Waals surface area (Å²) < 4.78 is 0. The number of benzene rings is 2. The molecule has 4 nitrogen and oxygen atoms in total. The number of amides is 1. The van der Waals surface area contributed by atoms with Gasteiger partial charge in [0.05, 0.1) is 17.8 Å². The van der Waals surface area contributed by atoms with Crippen molar-refractivity contribution in [3.63, 3.8) is 0 Å². The van der Waals surface area contributed by atoms with E-state index in [0.717, 1.165) is 37.4 Å². The second-order valence-corrected chi connectivity index (χ2v) is 8.33. The summed E-state index contributed by atoms with van der Waals surface area (Å²) in [7, 11) is 0. The van der Waals surface area contributed by atoms with Crippen molar-refractivity contribution in [3.8, 4) is 0 Å². The molecule has 2 heterocycles. The van der Waals surface area contributed by atoms with E-state index < -0.39 is 0 Å². The Labute approximate surface area is 168 Å². The molecular formula is C24H29N3O. The van der Waals surface area contributed by atoms with Crippen molar-refractivity contribution in [2.24, 2.45) is 0 Å². The molecule has 0 unspecified atom stereocenters. The number of hydrogen-bond acceptors (Lipinski definition) is 3. The van der Waals surface area contributed by atoms with Gasteiger partial charge >= 0.3 is 0 Å².